The maximum Gasteiger partial charge on any atom is 0.189 e. The molecule has 0 atom stereocenters. The van der Waals surface area contributed by atoms with Crippen molar-refractivity contribution < 1.29 is 4.74 Å². The molecule has 1 heterocycles. The van der Waals surface area contributed by atoms with Crippen LogP contribution < -0.4 is 10.1 Å². The van der Waals surface area contributed by atoms with Gasteiger partial charge in [-0.15, -0.1) is 0 Å². The zero-order valence-corrected chi connectivity index (χ0v) is 19.1. The summed E-state index contributed by atoms with van der Waals surface area (Å²) >= 11 is 7.57. The molecule has 0 fully saturated rings. The largest absolute Gasteiger partial charge is 0.495 e. The van der Waals surface area contributed by atoms with Crippen LogP contribution in [0.5, 0.6) is 5.75 Å². The molecule has 0 bridgehead atoms. The molecule has 0 radical (unpaired) electrons. The number of hydrogen-bond donors (Lipinski definition) is 1. The number of nitrogens with one attached hydrogen (secondary N) is 1. The van der Waals surface area contributed by atoms with Gasteiger partial charge in [-0.3, -0.25) is 0 Å². The molecule has 30 heavy (non-hydrogen) atoms. The van der Waals surface area contributed by atoms with Gasteiger partial charge in [-0.2, -0.15) is 5.26 Å². The van der Waals surface area contributed by atoms with Crippen LogP contribution in [0.1, 0.15) is 31.9 Å². The predicted octanol–water partition coefficient (Wildman–Crippen LogP) is 6.44. The van der Waals surface area contributed by atoms with E-state index in [0.717, 1.165) is 5.56 Å². The number of rotatable bonds is 5. The zero-order chi connectivity index (χ0) is 21.9. The van der Waals surface area contributed by atoms with Gasteiger partial charge >= 0.3 is 0 Å². The van der Waals surface area contributed by atoms with E-state index in [1.54, 1.807) is 25.3 Å². The summed E-state index contributed by atoms with van der Waals surface area (Å²) in [4.78, 5) is 9.14. The van der Waals surface area contributed by atoms with Crippen molar-refractivity contribution in [1.29, 1.82) is 5.26 Å². The highest BCUT2D eigenvalue weighted by Gasteiger charge is 2.19. The number of benzene rings is 2. The topological polar surface area (TPSA) is 70.8 Å². The summed E-state index contributed by atoms with van der Waals surface area (Å²) in [6, 6.07) is 15.6. The summed E-state index contributed by atoms with van der Waals surface area (Å²) in [6.07, 6.45) is 1.90. The van der Waals surface area contributed by atoms with Gasteiger partial charge in [0.25, 0.3) is 0 Å². The average Bonchev–Trinajstić information content (AvgIpc) is 2.73. The van der Waals surface area contributed by atoms with E-state index in [-0.39, 0.29) is 5.41 Å². The summed E-state index contributed by atoms with van der Waals surface area (Å²) in [5, 5.41) is 14.3. The Morgan fingerprint density at radius 2 is 1.80 bits per heavy atom. The van der Waals surface area contributed by atoms with Crippen molar-refractivity contribution in [3.8, 4) is 23.1 Å². The second kappa shape index (κ2) is 8.95. The summed E-state index contributed by atoms with van der Waals surface area (Å²) in [7, 11) is 1.58. The Morgan fingerprint density at radius 3 is 2.37 bits per heavy atom. The Morgan fingerprint density at radius 1 is 1.10 bits per heavy atom. The maximum absolute atomic E-state index is 9.93. The van der Waals surface area contributed by atoms with Gasteiger partial charge in [-0.1, -0.05) is 68.4 Å². The molecule has 1 N–H and O–H groups in total. The lowest BCUT2D eigenvalue weighted by Gasteiger charge is -2.19. The Balaban J connectivity index is 2.13. The van der Waals surface area contributed by atoms with Gasteiger partial charge in [0, 0.05) is 10.6 Å². The van der Waals surface area contributed by atoms with Crippen LogP contribution in [0.15, 0.2) is 47.6 Å². The number of nitriles is 1. The van der Waals surface area contributed by atoms with E-state index in [4.69, 9.17) is 16.3 Å². The highest BCUT2D eigenvalue weighted by atomic mass is 35.5. The third kappa shape index (κ3) is 4.69. The molecular weight excluding hydrogens is 416 g/mol. The summed E-state index contributed by atoms with van der Waals surface area (Å²) in [6.45, 7) is 6.50. The molecule has 0 saturated heterocycles. The number of thioether (sulfide) groups is 1. The molecule has 0 spiro atoms. The Bertz CT molecular complexity index is 1100. The fraction of sp³-hybridized carbons (Fsp3) is 0.261. The lowest BCUT2D eigenvalue weighted by molar-refractivity contribution is 0.417. The van der Waals surface area contributed by atoms with Crippen LogP contribution in [0.4, 0.5) is 11.5 Å². The van der Waals surface area contributed by atoms with E-state index in [1.807, 2.05) is 18.4 Å². The van der Waals surface area contributed by atoms with Crippen molar-refractivity contribution in [2.45, 2.75) is 31.3 Å². The highest BCUT2D eigenvalue weighted by Crippen LogP contribution is 2.35. The molecule has 0 amide bonds. The van der Waals surface area contributed by atoms with Gasteiger partial charge in [0.2, 0.25) is 0 Å². The number of methoxy groups -OCH3 is 1. The quantitative estimate of drug-likeness (QED) is 0.365. The Kier molecular flexibility index (Phi) is 6.55. The van der Waals surface area contributed by atoms with E-state index < -0.39 is 0 Å². The molecule has 0 aliphatic rings. The van der Waals surface area contributed by atoms with Crippen molar-refractivity contribution in [2.24, 2.45) is 0 Å². The van der Waals surface area contributed by atoms with E-state index in [9.17, 15) is 5.26 Å². The monoisotopic (exact) mass is 438 g/mol. The minimum absolute atomic E-state index is 0.0442. The SMILES string of the molecule is COc1ccc(Cl)cc1Nc1nc(SC)nc(-c2ccc(C(C)(C)C)cc2)c1C#N. The van der Waals surface area contributed by atoms with E-state index in [0.29, 0.717) is 38.7 Å². The minimum atomic E-state index is 0.0442. The van der Waals surface area contributed by atoms with Crippen LogP contribution in [0.3, 0.4) is 0 Å². The lowest BCUT2D eigenvalue weighted by atomic mass is 9.86. The van der Waals surface area contributed by atoms with Gasteiger partial charge < -0.3 is 10.1 Å². The number of nitrogens with zero attached hydrogens (tertiary/aromatic N) is 3. The molecule has 0 aliphatic carbocycles. The summed E-state index contributed by atoms with van der Waals surface area (Å²) in [5.74, 6) is 1.01. The molecule has 5 nitrogen and oxygen atoms in total. The van der Waals surface area contributed by atoms with E-state index in [2.05, 4.69) is 54.3 Å². The maximum atomic E-state index is 9.93. The predicted molar refractivity (Wildman–Crippen MR) is 124 cm³/mol. The van der Waals surface area contributed by atoms with Gasteiger partial charge in [0.1, 0.15) is 17.4 Å². The van der Waals surface area contributed by atoms with Crippen molar-refractivity contribution >= 4 is 34.9 Å². The fourth-order valence-corrected chi connectivity index (χ4v) is 3.51. The summed E-state index contributed by atoms with van der Waals surface area (Å²) in [5.41, 5.74) is 3.69. The molecule has 3 aromatic rings. The smallest absolute Gasteiger partial charge is 0.189 e. The molecule has 0 aliphatic heterocycles. The molecular formula is C23H23ClN4OS. The van der Waals surface area contributed by atoms with Crippen molar-refractivity contribution in [1.82, 2.24) is 9.97 Å². The molecule has 0 unspecified atom stereocenters. The average molecular weight is 439 g/mol. The first-order chi connectivity index (χ1) is 14.3. The second-order valence-electron chi connectivity index (χ2n) is 7.69. The molecule has 154 valence electrons. The van der Waals surface area contributed by atoms with Crippen molar-refractivity contribution in [3.05, 3.63) is 58.6 Å². The van der Waals surface area contributed by atoms with Crippen LogP contribution in [0, 0.1) is 11.3 Å². The first kappa shape index (κ1) is 21.9. The normalized spacial score (nSPS) is 11.1. The number of halogens is 1. The van der Waals surface area contributed by atoms with Gasteiger partial charge in [-0.25, -0.2) is 9.97 Å². The minimum Gasteiger partial charge on any atom is -0.495 e. The van der Waals surface area contributed by atoms with Crippen LogP contribution in [0.25, 0.3) is 11.3 Å². The van der Waals surface area contributed by atoms with Crippen LogP contribution in [-0.4, -0.2) is 23.3 Å². The van der Waals surface area contributed by atoms with Gasteiger partial charge in [0.15, 0.2) is 11.0 Å². The Labute approximate surface area is 186 Å². The van der Waals surface area contributed by atoms with Crippen LogP contribution in [-0.2, 0) is 5.41 Å². The lowest BCUT2D eigenvalue weighted by Crippen LogP contribution is -2.10. The molecule has 2 aromatic carbocycles. The third-order valence-corrected chi connectivity index (χ3v) is 5.40. The fourth-order valence-electron chi connectivity index (χ4n) is 2.97. The summed E-state index contributed by atoms with van der Waals surface area (Å²) < 4.78 is 5.41. The van der Waals surface area contributed by atoms with Gasteiger partial charge in [-0.05, 0) is 35.4 Å². The number of ether oxygens (including phenoxy) is 1. The second-order valence-corrected chi connectivity index (χ2v) is 8.90. The standard InChI is InChI=1S/C23H23ClN4OS/c1-23(2,3)15-8-6-14(7-9-15)20-17(13-25)21(28-22(27-20)30-5)26-18-12-16(24)10-11-19(18)29-4/h6-12H,1-5H3,(H,26,27,28). The third-order valence-electron chi connectivity index (χ3n) is 4.62. The number of aromatic nitrogens is 2. The zero-order valence-electron chi connectivity index (χ0n) is 17.6. The van der Waals surface area contributed by atoms with Crippen molar-refractivity contribution in [2.75, 3.05) is 18.7 Å². The van der Waals surface area contributed by atoms with Gasteiger partial charge in [0.05, 0.1) is 18.5 Å². The molecule has 3 rings (SSSR count). The van der Waals surface area contributed by atoms with Crippen LogP contribution in [0.2, 0.25) is 5.02 Å². The number of hydrogen-bond acceptors (Lipinski definition) is 6. The van der Waals surface area contributed by atoms with E-state index in [1.165, 1.54) is 17.3 Å². The highest BCUT2D eigenvalue weighted by molar-refractivity contribution is 7.98. The number of anilines is 2. The first-order valence-corrected chi connectivity index (χ1v) is 10.9. The van der Waals surface area contributed by atoms with Crippen molar-refractivity contribution in [3.63, 3.8) is 0 Å². The molecule has 7 heteroatoms. The molecule has 0 saturated carbocycles. The molecule has 1 aromatic heterocycles. The van der Waals surface area contributed by atoms with Crippen LogP contribution >= 0.6 is 23.4 Å². The Hall–Kier alpha value is -2.75. The first-order valence-electron chi connectivity index (χ1n) is 9.34. The van der Waals surface area contributed by atoms with E-state index >= 15 is 0 Å².